The van der Waals surface area contributed by atoms with Crippen LogP contribution in [0.15, 0.2) is 24.3 Å². The van der Waals surface area contributed by atoms with Gasteiger partial charge >= 0.3 is 6.09 Å². The number of hydrogen-bond acceptors (Lipinski definition) is 4. The van der Waals surface area contributed by atoms with Crippen molar-refractivity contribution in [3.63, 3.8) is 0 Å². The summed E-state index contributed by atoms with van der Waals surface area (Å²) in [5.41, 5.74) is 0.677. The van der Waals surface area contributed by atoms with Crippen LogP contribution in [0.2, 0.25) is 0 Å². The maximum Gasteiger partial charge on any atom is 0.409 e. The van der Waals surface area contributed by atoms with Gasteiger partial charge in [-0.15, -0.1) is 0 Å². The van der Waals surface area contributed by atoms with Crippen LogP contribution in [0.4, 0.5) is 10.5 Å². The lowest BCUT2D eigenvalue weighted by Gasteiger charge is -2.37. The first-order valence-corrected chi connectivity index (χ1v) is 11.3. The minimum Gasteiger partial charge on any atom is -0.494 e. The fourth-order valence-electron chi connectivity index (χ4n) is 3.72. The Morgan fingerprint density at radius 2 is 1.86 bits per heavy atom. The number of anilines is 1. The summed E-state index contributed by atoms with van der Waals surface area (Å²) in [5.74, 6) is 2.03. The van der Waals surface area contributed by atoms with Gasteiger partial charge in [-0.25, -0.2) is 4.79 Å². The van der Waals surface area contributed by atoms with E-state index in [9.17, 15) is 4.79 Å². The van der Waals surface area contributed by atoms with Crippen molar-refractivity contribution in [3.8, 4) is 5.75 Å². The molecule has 0 radical (unpaired) electrons. The monoisotopic (exact) mass is 464 g/mol. The number of alkyl carbamates (subject to hydrolysis) is 1. The van der Waals surface area contributed by atoms with Crippen molar-refractivity contribution in [2.75, 3.05) is 11.9 Å². The van der Waals surface area contributed by atoms with Gasteiger partial charge in [-0.05, 0) is 61.8 Å². The molecule has 0 aromatic heterocycles. The zero-order valence-electron chi connectivity index (χ0n) is 17.4. The van der Waals surface area contributed by atoms with E-state index in [-0.39, 0.29) is 6.10 Å². The quantitative estimate of drug-likeness (QED) is 0.362. The lowest BCUT2D eigenvalue weighted by atomic mass is 9.75. The van der Waals surface area contributed by atoms with Crippen LogP contribution in [-0.2, 0) is 4.74 Å². The van der Waals surface area contributed by atoms with Gasteiger partial charge in [0.2, 0.25) is 3.79 Å². The molecule has 164 valence electrons. The fourth-order valence-corrected chi connectivity index (χ4v) is 4.05. The number of alkyl halides is 3. The molecule has 2 rings (SSSR count). The van der Waals surface area contributed by atoms with E-state index < -0.39 is 16.1 Å². The molecule has 1 aliphatic carbocycles. The number of ether oxygens (including phenoxy) is 2. The fraction of sp³-hybridized carbons (Fsp3) is 0.667. The highest BCUT2D eigenvalue weighted by atomic mass is 35.6. The van der Waals surface area contributed by atoms with E-state index in [0.29, 0.717) is 30.0 Å². The molecule has 1 aromatic rings. The van der Waals surface area contributed by atoms with Crippen molar-refractivity contribution in [1.29, 1.82) is 0 Å². The molecule has 4 atom stereocenters. The molecule has 29 heavy (non-hydrogen) atoms. The largest absolute Gasteiger partial charge is 0.494 e. The first-order valence-electron chi connectivity index (χ1n) is 10.1. The number of benzene rings is 1. The average Bonchev–Trinajstić information content (AvgIpc) is 2.62. The molecule has 1 saturated carbocycles. The van der Waals surface area contributed by atoms with Gasteiger partial charge in [-0.3, -0.25) is 5.32 Å². The van der Waals surface area contributed by atoms with E-state index in [1.807, 2.05) is 6.92 Å². The second kappa shape index (κ2) is 10.8. The number of hydrogen-bond donors (Lipinski definition) is 2. The molecule has 0 aliphatic heterocycles. The van der Waals surface area contributed by atoms with Crippen molar-refractivity contribution in [3.05, 3.63) is 24.3 Å². The minimum atomic E-state index is -1.77. The zero-order valence-corrected chi connectivity index (χ0v) is 19.7. The molecule has 0 unspecified atom stereocenters. The molecule has 1 aromatic carbocycles. The summed E-state index contributed by atoms with van der Waals surface area (Å²) in [4.78, 5) is 12.6. The molecule has 8 heteroatoms. The predicted molar refractivity (Wildman–Crippen MR) is 120 cm³/mol. The summed E-state index contributed by atoms with van der Waals surface area (Å²) < 4.78 is 9.42. The first-order chi connectivity index (χ1) is 13.6. The average molecular weight is 466 g/mol. The van der Waals surface area contributed by atoms with E-state index in [4.69, 9.17) is 44.3 Å². The van der Waals surface area contributed by atoms with Gasteiger partial charge in [-0.2, -0.15) is 0 Å². The highest BCUT2D eigenvalue weighted by Crippen LogP contribution is 2.36. The van der Waals surface area contributed by atoms with Crippen molar-refractivity contribution >= 4 is 46.6 Å². The van der Waals surface area contributed by atoms with Gasteiger partial charge in [0.15, 0.2) is 0 Å². The Labute approximate surface area is 188 Å². The summed E-state index contributed by atoms with van der Waals surface area (Å²) in [6.45, 7) is 8.99. The maximum absolute atomic E-state index is 12.6. The SMILES string of the molecule is CCOc1ccc(N[C@H](NC(=O)O[C@@H]2C[C@@H](C)CC[C@H]2C(C)C)C(Cl)(Cl)Cl)cc1. The highest BCUT2D eigenvalue weighted by Gasteiger charge is 2.37. The number of halogens is 3. The van der Waals surface area contributed by atoms with Crippen LogP contribution in [0.3, 0.4) is 0 Å². The summed E-state index contributed by atoms with van der Waals surface area (Å²) in [6, 6.07) is 7.19. The van der Waals surface area contributed by atoms with Gasteiger partial charge in [0.05, 0.1) is 6.61 Å². The third-order valence-corrected chi connectivity index (χ3v) is 5.94. The van der Waals surface area contributed by atoms with Crippen LogP contribution in [-0.4, -0.2) is 28.8 Å². The van der Waals surface area contributed by atoms with Gasteiger partial charge in [0.25, 0.3) is 0 Å². The second-order valence-corrected chi connectivity index (χ2v) is 10.4. The Bertz CT molecular complexity index is 650. The summed E-state index contributed by atoms with van der Waals surface area (Å²) in [7, 11) is 0. The zero-order chi connectivity index (χ0) is 21.6. The van der Waals surface area contributed by atoms with E-state index >= 15 is 0 Å². The Kier molecular flexibility index (Phi) is 9.05. The topological polar surface area (TPSA) is 59.6 Å². The van der Waals surface area contributed by atoms with E-state index in [1.54, 1.807) is 24.3 Å². The lowest BCUT2D eigenvalue weighted by molar-refractivity contribution is 0.00534. The summed E-state index contributed by atoms with van der Waals surface area (Å²) in [5, 5.41) is 5.70. The third-order valence-electron chi connectivity index (χ3n) is 5.29. The van der Waals surface area contributed by atoms with Crippen LogP contribution in [0.1, 0.15) is 47.0 Å². The Morgan fingerprint density at radius 3 is 2.41 bits per heavy atom. The Hall–Kier alpha value is -1.04. The first kappa shape index (κ1) is 24.2. The molecule has 1 amide bonds. The molecule has 0 saturated heterocycles. The normalized spacial score (nSPS) is 23.4. The minimum absolute atomic E-state index is 0.139. The van der Waals surface area contributed by atoms with E-state index in [0.717, 1.165) is 25.0 Å². The Balaban J connectivity index is 2.02. The second-order valence-electron chi connectivity index (χ2n) is 7.99. The van der Waals surface area contributed by atoms with Gasteiger partial charge in [0.1, 0.15) is 18.0 Å². The van der Waals surface area contributed by atoms with Crippen molar-refractivity contribution < 1.29 is 14.3 Å². The molecular formula is C21H31Cl3N2O3. The van der Waals surface area contributed by atoms with E-state index in [1.165, 1.54) is 0 Å². The molecule has 0 heterocycles. The van der Waals surface area contributed by atoms with Crippen LogP contribution < -0.4 is 15.4 Å². The highest BCUT2D eigenvalue weighted by molar-refractivity contribution is 6.68. The van der Waals surface area contributed by atoms with Gasteiger partial charge in [0, 0.05) is 5.69 Å². The number of nitrogens with one attached hydrogen (secondary N) is 2. The Morgan fingerprint density at radius 1 is 1.21 bits per heavy atom. The predicted octanol–water partition coefficient (Wildman–Crippen LogP) is 6.38. The maximum atomic E-state index is 12.6. The van der Waals surface area contributed by atoms with Crippen molar-refractivity contribution in [2.45, 2.75) is 63.0 Å². The van der Waals surface area contributed by atoms with Crippen LogP contribution in [0.25, 0.3) is 0 Å². The third kappa shape index (κ3) is 7.62. The van der Waals surface area contributed by atoms with Crippen LogP contribution >= 0.6 is 34.8 Å². The number of amides is 1. The molecule has 1 fully saturated rings. The van der Waals surface area contributed by atoms with Crippen LogP contribution in [0, 0.1) is 17.8 Å². The van der Waals surface area contributed by atoms with Gasteiger partial charge in [-0.1, -0.05) is 62.0 Å². The van der Waals surface area contributed by atoms with Gasteiger partial charge < -0.3 is 14.8 Å². The number of carbonyl (C=O) groups is 1. The standard InChI is InChI=1S/C21H31Cl3N2O3/c1-5-28-16-9-7-15(8-10-16)25-19(21(22,23)24)26-20(27)29-18-12-14(4)6-11-17(18)13(2)3/h7-10,13-14,17-19,25H,5-6,11-12H2,1-4H3,(H,26,27)/t14-,17-,18+,19+/m0/s1. The molecule has 0 spiro atoms. The smallest absolute Gasteiger partial charge is 0.409 e. The lowest BCUT2D eigenvalue weighted by Crippen LogP contribution is -2.50. The molecular weight excluding hydrogens is 435 g/mol. The number of rotatable bonds is 7. The summed E-state index contributed by atoms with van der Waals surface area (Å²) >= 11 is 18.3. The molecule has 5 nitrogen and oxygen atoms in total. The number of carbonyl (C=O) groups excluding carboxylic acids is 1. The molecule has 2 N–H and O–H groups in total. The van der Waals surface area contributed by atoms with E-state index in [2.05, 4.69) is 31.4 Å². The van der Waals surface area contributed by atoms with Crippen molar-refractivity contribution in [2.24, 2.45) is 17.8 Å². The van der Waals surface area contributed by atoms with Crippen LogP contribution in [0.5, 0.6) is 5.75 Å². The molecule has 0 bridgehead atoms. The summed E-state index contributed by atoms with van der Waals surface area (Å²) in [6.07, 6.45) is 1.36. The van der Waals surface area contributed by atoms with Crippen molar-refractivity contribution in [1.82, 2.24) is 5.32 Å². The molecule has 1 aliphatic rings.